The van der Waals surface area contributed by atoms with Crippen LogP contribution in [0.5, 0.6) is 0 Å². The molecule has 0 aliphatic carbocycles. The number of rotatable bonds is 9. The van der Waals surface area contributed by atoms with E-state index in [4.69, 9.17) is 0 Å². The van der Waals surface area contributed by atoms with E-state index in [1.807, 2.05) is 0 Å². The monoisotopic (exact) mass is 968 g/mol. The van der Waals surface area contributed by atoms with Crippen molar-refractivity contribution in [1.29, 1.82) is 0 Å². The number of benzene rings is 14. The van der Waals surface area contributed by atoms with E-state index in [9.17, 15) is 0 Å². The summed E-state index contributed by atoms with van der Waals surface area (Å²) in [5.74, 6) is 0. The van der Waals surface area contributed by atoms with Crippen LogP contribution in [0.25, 0.3) is 98.0 Å². The van der Waals surface area contributed by atoms with Crippen LogP contribution in [-0.4, -0.2) is 0 Å². The van der Waals surface area contributed by atoms with Gasteiger partial charge in [-0.1, -0.05) is 217 Å². The van der Waals surface area contributed by atoms with Gasteiger partial charge < -0.3 is 9.80 Å². The molecule has 0 radical (unpaired) electrons. The van der Waals surface area contributed by atoms with Gasteiger partial charge in [0.2, 0.25) is 0 Å². The highest BCUT2D eigenvalue weighted by atomic mass is 15.2. The third kappa shape index (κ3) is 7.57. The maximum atomic E-state index is 2.49. The number of hydrogen-bond donors (Lipinski definition) is 0. The lowest BCUT2D eigenvalue weighted by Gasteiger charge is -2.30. The van der Waals surface area contributed by atoms with Crippen LogP contribution in [0.3, 0.4) is 0 Å². The molecule has 2 heteroatoms. The molecule has 0 heterocycles. The van der Waals surface area contributed by atoms with Gasteiger partial charge in [0.15, 0.2) is 0 Å². The summed E-state index contributed by atoms with van der Waals surface area (Å²) in [6.45, 7) is 4.31. The normalized spacial score (nSPS) is 11.6. The Labute approximate surface area is 443 Å². The first-order valence-electron chi connectivity index (χ1n) is 26.3. The summed E-state index contributed by atoms with van der Waals surface area (Å²) in [5, 5.41) is 14.4. The third-order valence-corrected chi connectivity index (χ3v) is 15.4. The zero-order valence-corrected chi connectivity index (χ0v) is 42.5. The van der Waals surface area contributed by atoms with Gasteiger partial charge in [0.1, 0.15) is 0 Å². The lowest BCUT2D eigenvalue weighted by atomic mass is 9.83. The summed E-state index contributed by atoms with van der Waals surface area (Å²) in [5.41, 5.74) is 16.4. The van der Waals surface area contributed by atoms with Gasteiger partial charge in [0.25, 0.3) is 0 Å². The highest BCUT2D eigenvalue weighted by Gasteiger charge is 2.26. The predicted octanol–water partition coefficient (Wildman–Crippen LogP) is 21.2. The summed E-state index contributed by atoms with van der Waals surface area (Å²) in [6, 6.07) is 103. The second-order valence-electron chi connectivity index (χ2n) is 20.1. The molecule has 0 atom stereocenters. The molecule has 0 unspecified atom stereocenters. The molecule has 0 saturated heterocycles. The Kier molecular flexibility index (Phi) is 11.0. The fourth-order valence-corrected chi connectivity index (χ4v) is 12.1. The van der Waals surface area contributed by atoms with Crippen molar-refractivity contribution in [2.24, 2.45) is 0 Å². The second kappa shape index (κ2) is 18.6. The van der Waals surface area contributed by atoms with Crippen molar-refractivity contribution in [2.45, 2.75) is 13.8 Å². The minimum atomic E-state index is 1.11. The van der Waals surface area contributed by atoms with Gasteiger partial charge in [-0.25, -0.2) is 0 Å². The van der Waals surface area contributed by atoms with E-state index in [1.54, 1.807) is 0 Å². The van der Waals surface area contributed by atoms with Crippen molar-refractivity contribution in [1.82, 2.24) is 0 Å². The van der Waals surface area contributed by atoms with Crippen LogP contribution in [0.4, 0.5) is 34.1 Å². The van der Waals surface area contributed by atoms with Crippen LogP contribution < -0.4 is 9.80 Å². The van der Waals surface area contributed by atoms with Gasteiger partial charge in [-0.2, -0.15) is 0 Å². The Bertz CT molecular complexity index is 4120. The Balaban J connectivity index is 1.12. The van der Waals surface area contributed by atoms with Gasteiger partial charge in [-0.05, 0) is 163 Å². The fourth-order valence-electron chi connectivity index (χ4n) is 12.1. The van der Waals surface area contributed by atoms with E-state index in [1.165, 1.54) is 98.0 Å². The summed E-state index contributed by atoms with van der Waals surface area (Å²) in [6.07, 6.45) is 0. The number of fused-ring (bicyclic) bond motifs is 6. The Hall–Kier alpha value is -9.76. The van der Waals surface area contributed by atoms with Crippen LogP contribution in [0, 0.1) is 13.8 Å². The largest absolute Gasteiger partial charge is 0.309 e. The minimum Gasteiger partial charge on any atom is -0.309 e. The van der Waals surface area contributed by atoms with Gasteiger partial charge in [-0.15, -0.1) is 0 Å². The lowest BCUT2D eigenvalue weighted by molar-refractivity contribution is 1.30. The number of aryl methyl sites for hydroxylation is 2. The summed E-state index contributed by atoms with van der Waals surface area (Å²) < 4.78 is 0. The van der Waals surface area contributed by atoms with Crippen molar-refractivity contribution in [3.8, 4) is 33.4 Å². The molecular weight excluding hydrogens is 917 g/mol. The Morgan fingerprint density at radius 2 is 0.461 bits per heavy atom. The van der Waals surface area contributed by atoms with E-state index in [0.717, 1.165) is 45.3 Å². The first-order chi connectivity index (χ1) is 37.6. The summed E-state index contributed by atoms with van der Waals surface area (Å²) in [4.78, 5) is 4.90. The Morgan fingerprint density at radius 1 is 0.211 bits per heavy atom. The maximum absolute atomic E-state index is 2.49. The quantitative estimate of drug-likeness (QED) is 0.133. The minimum absolute atomic E-state index is 1.11. The highest BCUT2D eigenvalue weighted by molar-refractivity contribution is 6.25. The summed E-state index contributed by atoms with van der Waals surface area (Å²) in [7, 11) is 0. The molecular formula is C74H52N2. The summed E-state index contributed by atoms with van der Waals surface area (Å²) >= 11 is 0. The van der Waals surface area contributed by atoms with Crippen molar-refractivity contribution < 1.29 is 0 Å². The van der Waals surface area contributed by atoms with E-state index in [0.29, 0.717) is 0 Å². The van der Waals surface area contributed by atoms with Crippen molar-refractivity contribution in [2.75, 3.05) is 9.80 Å². The molecule has 0 fully saturated rings. The van der Waals surface area contributed by atoms with Crippen LogP contribution >= 0.6 is 0 Å². The van der Waals surface area contributed by atoms with Gasteiger partial charge in [0, 0.05) is 44.3 Å². The molecule has 2 nitrogen and oxygen atoms in total. The van der Waals surface area contributed by atoms with Crippen LogP contribution in [0.1, 0.15) is 11.1 Å². The van der Waals surface area contributed by atoms with E-state index < -0.39 is 0 Å². The zero-order valence-electron chi connectivity index (χ0n) is 42.5. The standard InChI is InChI=1S/C74H52N2/c1-49-37-41-58(42-38-49)75(56-23-5-3-6-24-56)73-66-33-17-13-29-62(66)71(63-30-14-18-34-67(63)73)54-46-53(70-60-27-11-9-21-51(60)45-52-22-10-12-28-61(52)70)47-55(48-54)72-64-31-15-19-35-68(64)74(69-36-20-16-32-65(69)72)76(57-25-7-4-8-26-57)59-43-39-50(2)40-44-59/h3-48H,1-2H3. The first-order valence-corrected chi connectivity index (χ1v) is 26.3. The molecule has 76 heavy (non-hydrogen) atoms. The number of hydrogen-bond acceptors (Lipinski definition) is 2. The van der Waals surface area contributed by atoms with Gasteiger partial charge >= 0.3 is 0 Å². The molecule has 0 N–H and O–H groups in total. The lowest BCUT2D eigenvalue weighted by Crippen LogP contribution is -2.11. The van der Waals surface area contributed by atoms with Crippen molar-refractivity contribution in [3.63, 3.8) is 0 Å². The number of anilines is 6. The van der Waals surface area contributed by atoms with Crippen LogP contribution in [0.2, 0.25) is 0 Å². The molecule has 14 rings (SSSR count). The second-order valence-corrected chi connectivity index (χ2v) is 20.1. The fraction of sp³-hybridized carbons (Fsp3) is 0.0270. The molecule has 0 spiro atoms. The number of para-hydroxylation sites is 2. The van der Waals surface area contributed by atoms with E-state index in [-0.39, 0.29) is 0 Å². The molecule has 14 aromatic carbocycles. The van der Waals surface area contributed by atoms with Crippen LogP contribution in [0.15, 0.2) is 279 Å². The molecule has 0 saturated carbocycles. The topological polar surface area (TPSA) is 6.48 Å². The molecule has 14 aromatic rings. The van der Waals surface area contributed by atoms with Crippen LogP contribution in [-0.2, 0) is 0 Å². The molecule has 0 aliphatic rings. The molecule has 358 valence electrons. The van der Waals surface area contributed by atoms with E-state index >= 15 is 0 Å². The zero-order chi connectivity index (χ0) is 50.7. The van der Waals surface area contributed by atoms with Gasteiger partial charge in [-0.3, -0.25) is 0 Å². The number of nitrogens with zero attached hydrogens (tertiary/aromatic N) is 2. The SMILES string of the molecule is Cc1ccc(N(c2ccccc2)c2c3ccccc3c(-c3cc(-c4c5ccccc5cc5ccccc45)cc(-c4c5ccccc5c(N(c5ccccc5)c5ccc(C)cc5)c5ccccc45)c3)c3ccccc23)cc1. The highest BCUT2D eigenvalue weighted by Crippen LogP contribution is 2.52. The molecule has 0 aliphatic heterocycles. The predicted molar refractivity (Wildman–Crippen MR) is 327 cm³/mol. The van der Waals surface area contributed by atoms with Crippen molar-refractivity contribution in [3.05, 3.63) is 290 Å². The van der Waals surface area contributed by atoms with Gasteiger partial charge in [0.05, 0.1) is 11.4 Å². The van der Waals surface area contributed by atoms with E-state index in [2.05, 4.69) is 303 Å². The average Bonchev–Trinajstić information content (AvgIpc) is 3.65. The average molecular weight is 969 g/mol. The third-order valence-electron chi connectivity index (χ3n) is 15.4. The molecule has 0 bridgehead atoms. The maximum Gasteiger partial charge on any atom is 0.0618 e. The first kappa shape index (κ1) is 44.9. The smallest absolute Gasteiger partial charge is 0.0618 e. The molecule has 0 amide bonds. The molecule has 0 aromatic heterocycles. The Morgan fingerprint density at radius 3 is 0.789 bits per heavy atom. The van der Waals surface area contributed by atoms with Crippen molar-refractivity contribution >= 4 is 98.8 Å².